The molecular formula is C44H65N7O8. The second-order valence-electron chi connectivity index (χ2n) is 17.0. The Bertz CT molecular complexity index is 1730. The molecule has 1 aromatic heterocycles. The second kappa shape index (κ2) is 20.6. The third kappa shape index (κ3) is 10.4. The Kier molecular flexibility index (Phi) is 15.8. The molecule has 15 nitrogen and oxygen atoms in total. The molecule has 0 spiro atoms. The number of methoxy groups -OCH3 is 2. The number of piperidine rings is 1. The van der Waals surface area contributed by atoms with Gasteiger partial charge in [0, 0.05) is 46.2 Å². The second-order valence-corrected chi connectivity index (χ2v) is 17.0. The summed E-state index contributed by atoms with van der Waals surface area (Å²) in [6.45, 7) is 10.0. The van der Waals surface area contributed by atoms with Gasteiger partial charge in [0.15, 0.2) is 5.82 Å². The number of nitrogens with one attached hydrogen (secondary N) is 2. The van der Waals surface area contributed by atoms with Gasteiger partial charge in [0.05, 0.1) is 42.7 Å². The molecular weight excluding hydrogens is 755 g/mol. The van der Waals surface area contributed by atoms with Gasteiger partial charge in [0.25, 0.3) is 0 Å². The molecule has 0 unspecified atom stereocenters. The molecule has 0 radical (unpaired) electrons. The predicted octanol–water partition coefficient (Wildman–Crippen LogP) is 4.47. The summed E-state index contributed by atoms with van der Waals surface area (Å²) in [5, 5.41) is 16.0. The first-order valence-corrected chi connectivity index (χ1v) is 21.3. The Hall–Kier alpha value is -4.63. The lowest BCUT2D eigenvalue weighted by molar-refractivity contribution is -0.148. The first-order chi connectivity index (χ1) is 28.2. The minimum Gasteiger partial charge on any atom is -0.465 e. The average Bonchev–Trinajstić information content (AvgIpc) is 4.00. The van der Waals surface area contributed by atoms with Crippen molar-refractivity contribution in [3.63, 3.8) is 0 Å². The number of likely N-dealkylation sites (N-methyl/N-ethyl adjacent to an activating group) is 1. The van der Waals surface area contributed by atoms with Gasteiger partial charge in [-0.15, -0.1) is 0 Å². The number of rotatable bonds is 19. The van der Waals surface area contributed by atoms with Crippen molar-refractivity contribution < 1.29 is 38.6 Å². The molecule has 2 aliphatic heterocycles. The molecule has 1 aliphatic carbocycles. The van der Waals surface area contributed by atoms with Crippen LogP contribution in [-0.4, -0.2) is 130 Å². The van der Waals surface area contributed by atoms with E-state index in [0.717, 1.165) is 24.8 Å². The highest BCUT2D eigenvalue weighted by Crippen LogP contribution is 2.42. The van der Waals surface area contributed by atoms with E-state index in [0.29, 0.717) is 38.1 Å². The smallest absolute Gasteiger partial charge is 0.408 e. The summed E-state index contributed by atoms with van der Waals surface area (Å²) in [6.07, 6.45) is 5.63. The van der Waals surface area contributed by atoms with Crippen molar-refractivity contribution in [3.05, 3.63) is 60.2 Å². The van der Waals surface area contributed by atoms with Gasteiger partial charge in [0.1, 0.15) is 12.1 Å². The highest BCUT2D eigenvalue weighted by Gasteiger charge is 2.52. The van der Waals surface area contributed by atoms with E-state index in [1.165, 1.54) is 12.0 Å². The number of carbonyl (C=O) groups excluding carboxylic acids is 4. The monoisotopic (exact) mass is 819 g/mol. The van der Waals surface area contributed by atoms with Crippen LogP contribution in [0, 0.1) is 23.7 Å². The molecule has 3 heterocycles. The Morgan fingerprint density at radius 1 is 0.949 bits per heavy atom. The zero-order valence-electron chi connectivity index (χ0n) is 36.0. The first-order valence-electron chi connectivity index (χ1n) is 21.3. The molecule has 59 heavy (non-hydrogen) atoms. The van der Waals surface area contributed by atoms with Crippen molar-refractivity contribution in [3.8, 4) is 0 Å². The lowest BCUT2D eigenvalue weighted by atomic mass is 9.89. The number of hydrogen-bond donors (Lipinski definition) is 3. The largest absolute Gasteiger partial charge is 0.465 e. The van der Waals surface area contributed by atoms with E-state index >= 15 is 0 Å². The predicted molar refractivity (Wildman–Crippen MR) is 221 cm³/mol. The van der Waals surface area contributed by atoms with Crippen molar-refractivity contribution in [2.75, 3.05) is 27.8 Å². The number of carbonyl (C=O) groups is 5. The van der Waals surface area contributed by atoms with Gasteiger partial charge < -0.3 is 35.0 Å². The fourth-order valence-electron chi connectivity index (χ4n) is 9.73. The van der Waals surface area contributed by atoms with Crippen LogP contribution in [-0.2, 0) is 35.1 Å². The maximum atomic E-state index is 14.4. The summed E-state index contributed by atoms with van der Waals surface area (Å²) < 4.78 is 12.1. The van der Waals surface area contributed by atoms with E-state index in [-0.39, 0.29) is 54.0 Å². The molecule has 5 rings (SSSR count). The number of fused-ring (bicyclic) bond motifs is 2. The molecule has 2 aromatic rings. The van der Waals surface area contributed by atoms with Gasteiger partial charge in [-0.25, -0.2) is 14.8 Å². The third-order valence-electron chi connectivity index (χ3n) is 13.1. The van der Waals surface area contributed by atoms with Crippen molar-refractivity contribution >= 4 is 29.7 Å². The van der Waals surface area contributed by atoms with Crippen molar-refractivity contribution in [2.45, 2.75) is 134 Å². The molecule has 3 aliphatic rings. The third-order valence-corrected chi connectivity index (χ3v) is 13.1. The molecule has 2 saturated heterocycles. The van der Waals surface area contributed by atoms with Gasteiger partial charge in [-0.1, -0.05) is 71.4 Å². The lowest BCUT2D eigenvalue weighted by Crippen LogP contribution is -2.60. The first kappa shape index (κ1) is 45.5. The van der Waals surface area contributed by atoms with Gasteiger partial charge in [-0.2, -0.15) is 0 Å². The summed E-state index contributed by atoms with van der Waals surface area (Å²) in [4.78, 5) is 82.1. The van der Waals surface area contributed by atoms with Crippen LogP contribution in [0.15, 0.2) is 48.8 Å². The van der Waals surface area contributed by atoms with E-state index in [1.807, 2.05) is 65.0 Å². The molecule has 1 saturated carbocycles. The van der Waals surface area contributed by atoms with Crippen LogP contribution in [0.25, 0.3) is 0 Å². The Morgan fingerprint density at radius 3 is 2.25 bits per heavy atom. The van der Waals surface area contributed by atoms with Crippen molar-refractivity contribution in [1.82, 2.24) is 35.3 Å². The molecule has 324 valence electrons. The zero-order valence-corrected chi connectivity index (χ0v) is 36.0. The summed E-state index contributed by atoms with van der Waals surface area (Å²) in [5.74, 6) is -1.76. The van der Waals surface area contributed by atoms with Gasteiger partial charge in [-0.3, -0.25) is 24.1 Å². The molecule has 11 atom stereocenters. The van der Waals surface area contributed by atoms with Crippen LogP contribution >= 0.6 is 0 Å². The molecule has 3 fully saturated rings. The highest BCUT2D eigenvalue weighted by molar-refractivity contribution is 5.92. The molecule has 15 heteroatoms. The average molecular weight is 820 g/mol. The van der Waals surface area contributed by atoms with Crippen LogP contribution in [0.1, 0.15) is 97.0 Å². The number of carboxylic acid groups (broad SMARTS) is 1. The molecule has 2 bridgehead atoms. The highest BCUT2D eigenvalue weighted by atomic mass is 16.5. The number of benzene rings is 1. The number of likely N-dealkylation sites (tertiary alicyclic amines) is 2. The van der Waals surface area contributed by atoms with Crippen LogP contribution in [0.4, 0.5) is 4.79 Å². The zero-order chi connectivity index (χ0) is 43.0. The van der Waals surface area contributed by atoms with Crippen molar-refractivity contribution in [1.29, 1.82) is 0 Å². The maximum absolute atomic E-state index is 14.4. The van der Waals surface area contributed by atoms with Gasteiger partial charge in [-0.05, 0) is 67.9 Å². The van der Waals surface area contributed by atoms with Crippen LogP contribution in [0.2, 0.25) is 0 Å². The standard InChI is InChI=1S/C44H65N7O8/c1-9-27(4)37(49(6)43(55)36(26(2)3)48-42(54)38-30-18-19-31(24-30)51(38)44(56)57)34(58-7)25-35(52)50-22-13-17-33(50)39(59-8)28(5)41(53)47-32(40-45-20-14-21-46-40)23-29-15-11-10-12-16-29/h10-12,14-16,20-21,26-28,30-34,36-39H,9,13,17-19,22-25H2,1-8H3,(H,47,53)(H,48,54)(H,56,57)/t27-,28+,30-,31+,32-,33-,34+,36-,37-,38-,39+/m0/s1. The number of ether oxygens (including phenoxy) is 2. The summed E-state index contributed by atoms with van der Waals surface area (Å²) in [5.41, 5.74) is 1.02. The lowest BCUT2D eigenvalue weighted by Gasteiger charge is -2.41. The molecule has 3 N–H and O–H groups in total. The fraction of sp³-hybridized carbons (Fsp3) is 0.659. The van der Waals surface area contributed by atoms with E-state index < -0.39 is 54.3 Å². The van der Waals surface area contributed by atoms with Crippen molar-refractivity contribution in [2.24, 2.45) is 23.7 Å². The van der Waals surface area contributed by atoms with Gasteiger partial charge in [0.2, 0.25) is 23.6 Å². The molecule has 1 aromatic carbocycles. The van der Waals surface area contributed by atoms with E-state index in [9.17, 15) is 29.1 Å². The van der Waals surface area contributed by atoms with E-state index in [2.05, 4.69) is 20.6 Å². The normalized spacial score (nSPS) is 23.5. The van der Waals surface area contributed by atoms with Crippen LogP contribution in [0.3, 0.4) is 0 Å². The number of hydrogen-bond acceptors (Lipinski definition) is 9. The minimum atomic E-state index is -1.12. The minimum absolute atomic E-state index is 0.0153. The Morgan fingerprint density at radius 2 is 1.64 bits per heavy atom. The van der Waals surface area contributed by atoms with E-state index in [4.69, 9.17) is 9.47 Å². The van der Waals surface area contributed by atoms with E-state index in [1.54, 1.807) is 42.4 Å². The number of amides is 5. The van der Waals surface area contributed by atoms with Crippen LogP contribution < -0.4 is 10.6 Å². The SMILES string of the molecule is CC[C@H](C)[C@@H]([C@@H](CC(=O)N1CCC[C@H]1[C@H](OC)[C@@H](C)C(=O)N[C@@H](Cc1ccccc1)c1ncccn1)OC)N(C)C(=O)[C@@H](NC(=O)[C@@H]1[C@H]2CC[C@H](C2)N1C(=O)O)C(C)C. The number of nitrogens with zero attached hydrogens (tertiary/aromatic N) is 5. The molecule has 5 amide bonds. The summed E-state index contributed by atoms with van der Waals surface area (Å²) in [7, 11) is 4.79. The fourth-order valence-corrected chi connectivity index (χ4v) is 9.73. The topological polar surface area (TPSA) is 184 Å². The van der Waals surface area contributed by atoms with Gasteiger partial charge >= 0.3 is 6.09 Å². The maximum Gasteiger partial charge on any atom is 0.408 e. The van der Waals surface area contributed by atoms with Crippen LogP contribution in [0.5, 0.6) is 0 Å². The summed E-state index contributed by atoms with van der Waals surface area (Å²) >= 11 is 0. The Labute approximate surface area is 349 Å². The summed E-state index contributed by atoms with van der Waals surface area (Å²) in [6, 6.07) is 8.26. The number of aromatic nitrogens is 2. The Balaban J connectivity index is 1.28. The quantitative estimate of drug-likeness (QED) is 0.183.